The number of alkyl halides is 6. The summed E-state index contributed by atoms with van der Waals surface area (Å²) in [6, 6.07) is 63.5. The Hall–Kier alpha value is -7.98. The van der Waals surface area contributed by atoms with E-state index in [0.717, 1.165) is 77.7 Å². The second kappa shape index (κ2) is 16.5. The summed E-state index contributed by atoms with van der Waals surface area (Å²) in [5, 5.41) is 10.3. The van der Waals surface area contributed by atoms with Gasteiger partial charge in [-0.2, -0.15) is 26.3 Å². The highest BCUT2D eigenvalue weighted by Gasteiger charge is 2.35. The van der Waals surface area contributed by atoms with Crippen LogP contribution < -0.4 is 9.80 Å². The van der Waals surface area contributed by atoms with Gasteiger partial charge in [-0.1, -0.05) is 140 Å². The van der Waals surface area contributed by atoms with Crippen LogP contribution in [-0.2, 0) is 6.18 Å². The number of benzene rings is 10. The summed E-state index contributed by atoms with van der Waals surface area (Å²) in [6.07, 6.45) is -8.53. The van der Waals surface area contributed by atoms with Crippen LogP contribution in [0.25, 0.3) is 76.2 Å². The molecule has 326 valence electrons. The molecule has 2 heterocycles. The zero-order chi connectivity index (χ0) is 45.7. The number of halogens is 6. The minimum absolute atomic E-state index is 0.152. The topological polar surface area (TPSA) is 32.8 Å². The zero-order valence-corrected chi connectivity index (χ0v) is 35.5. The molecule has 0 N–H and O–H groups in total. The van der Waals surface area contributed by atoms with E-state index in [0.29, 0.717) is 22.0 Å². The molecule has 66 heavy (non-hydrogen) atoms. The standard InChI is InChI=1S/C35H20F3NO.C19H15NO.C2H3F3/c36-35(37,38)28-13-5-11-25-26-12-6-14-30(34(26)40-33(25)28)39(24-9-2-1-3-10-24)29-20-18-23-16-15-21-7-4-8-22-17-19-27(29)32(23)31(21)22;1-20(14-8-3-2-4-9-14)17-12-7-11-16-15-10-5-6-13-18(15)21-19(16)17;1-2(3,4)5/h1-20H;2-13H,1H3;1H3. The maximum absolute atomic E-state index is 13.9. The third-order valence-corrected chi connectivity index (χ3v) is 11.7. The van der Waals surface area contributed by atoms with Crippen molar-refractivity contribution in [3.05, 3.63) is 200 Å². The minimum atomic E-state index is -4.53. The fourth-order valence-electron chi connectivity index (χ4n) is 8.89. The van der Waals surface area contributed by atoms with Crippen molar-refractivity contribution < 1.29 is 35.2 Å². The predicted molar refractivity (Wildman–Crippen MR) is 257 cm³/mol. The summed E-state index contributed by atoms with van der Waals surface area (Å²) in [5.74, 6) is 0. The molecule has 0 fully saturated rings. The lowest BCUT2D eigenvalue weighted by atomic mass is 9.93. The van der Waals surface area contributed by atoms with Crippen LogP contribution in [0.15, 0.2) is 203 Å². The fraction of sp³-hybridized carbons (Fsp3) is 0.0714. The Labute approximate surface area is 374 Å². The van der Waals surface area contributed by atoms with E-state index in [1.807, 2.05) is 84.9 Å². The summed E-state index contributed by atoms with van der Waals surface area (Å²) in [6.45, 7) is 0.188. The van der Waals surface area contributed by atoms with Gasteiger partial charge in [0.25, 0.3) is 0 Å². The molecule has 0 radical (unpaired) electrons. The van der Waals surface area contributed by atoms with Crippen LogP contribution in [0.1, 0.15) is 12.5 Å². The van der Waals surface area contributed by atoms with Gasteiger partial charge in [-0.05, 0) is 81.5 Å². The number of para-hydroxylation sites is 6. The van der Waals surface area contributed by atoms with E-state index in [-0.39, 0.29) is 12.5 Å². The average molecular weight is 885 g/mol. The van der Waals surface area contributed by atoms with E-state index in [9.17, 15) is 26.3 Å². The molecule has 2 aromatic heterocycles. The van der Waals surface area contributed by atoms with Gasteiger partial charge in [-0.25, -0.2) is 0 Å². The van der Waals surface area contributed by atoms with E-state index < -0.39 is 17.9 Å². The minimum Gasteiger partial charge on any atom is -0.454 e. The van der Waals surface area contributed by atoms with Crippen molar-refractivity contribution in [1.29, 1.82) is 0 Å². The van der Waals surface area contributed by atoms with Gasteiger partial charge < -0.3 is 18.6 Å². The lowest BCUT2D eigenvalue weighted by molar-refractivity contribution is -0.136. The SMILES string of the molecule is CC(F)(F)F.CN(c1ccccc1)c1cccc2c1oc1ccccc12.FC(F)(F)c1cccc2c1oc1c(N(c3ccccc3)c3ccc4ccc5cccc6ccc3c4c56)cccc12. The van der Waals surface area contributed by atoms with Crippen LogP contribution in [0.5, 0.6) is 0 Å². The molecule has 0 aliphatic carbocycles. The average Bonchev–Trinajstić information content (AvgIpc) is 3.90. The Balaban J connectivity index is 0.000000164. The smallest absolute Gasteiger partial charge is 0.420 e. The monoisotopic (exact) mass is 884 g/mol. The van der Waals surface area contributed by atoms with E-state index in [1.54, 1.807) is 6.07 Å². The lowest BCUT2D eigenvalue weighted by Gasteiger charge is -2.27. The van der Waals surface area contributed by atoms with Crippen molar-refractivity contribution >= 4 is 105 Å². The summed E-state index contributed by atoms with van der Waals surface area (Å²) in [4.78, 5) is 4.24. The third-order valence-electron chi connectivity index (χ3n) is 11.7. The number of rotatable bonds is 5. The van der Waals surface area contributed by atoms with Crippen molar-refractivity contribution in [2.24, 2.45) is 0 Å². The first-order valence-electron chi connectivity index (χ1n) is 21.1. The van der Waals surface area contributed by atoms with Crippen molar-refractivity contribution in [3.63, 3.8) is 0 Å². The number of anilines is 5. The highest BCUT2D eigenvalue weighted by atomic mass is 19.4. The van der Waals surface area contributed by atoms with Crippen LogP contribution >= 0.6 is 0 Å². The normalized spacial score (nSPS) is 11.9. The van der Waals surface area contributed by atoms with Gasteiger partial charge in [0.05, 0.1) is 22.6 Å². The van der Waals surface area contributed by atoms with Gasteiger partial charge >= 0.3 is 12.4 Å². The van der Waals surface area contributed by atoms with Crippen LogP contribution in [0, 0.1) is 0 Å². The van der Waals surface area contributed by atoms with Gasteiger partial charge in [-0.3, -0.25) is 0 Å². The van der Waals surface area contributed by atoms with Crippen LogP contribution in [0.3, 0.4) is 0 Å². The summed E-state index contributed by atoms with van der Waals surface area (Å²) in [7, 11) is 2.07. The highest BCUT2D eigenvalue weighted by Crippen LogP contribution is 2.48. The van der Waals surface area contributed by atoms with Crippen molar-refractivity contribution in [3.8, 4) is 0 Å². The number of fused-ring (bicyclic) bond motifs is 6. The molecule has 12 rings (SSSR count). The molecule has 0 spiro atoms. The Bertz CT molecular complexity index is 3650. The number of furan rings is 2. The molecule has 0 saturated heterocycles. The maximum Gasteiger partial charge on any atom is 0.420 e. The van der Waals surface area contributed by atoms with Crippen LogP contribution in [0.2, 0.25) is 0 Å². The van der Waals surface area contributed by atoms with E-state index in [2.05, 4.69) is 108 Å². The Morgan fingerprint density at radius 1 is 0.379 bits per heavy atom. The van der Waals surface area contributed by atoms with Crippen molar-refractivity contribution in [2.75, 3.05) is 16.8 Å². The van der Waals surface area contributed by atoms with E-state index in [1.165, 1.54) is 11.5 Å². The molecule has 0 bridgehead atoms. The van der Waals surface area contributed by atoms with E-state index in [4.69, 9.17) is 8.83 Å². The number of hydrogen-bond acceptors (Lipinski definition) is 4. The number of hydrogen-bond donors (Lipinski definition) is 0. The molecular weight excluding hydrogens is 847 g/mol. The second-order valence-electron chi connectivity index (χ2n) is 16.0. The quantitative estimate of drug-likeness (QED) is 0.127. The molecule has 10 heteroatoms. The predicted octanol–water partition coefficient (Wildman–Crippen LogP) is 17.9. The highest BCUT2D eigenvalue weighted by molar-refractivity contribution is 6.26. The molecule has 0 unspecified atom stereocenters. The summed E-state index contributed by atoms with van der Waals surface area (Å²) >= 11 is 0. The summed E-state index contributed by atoms with van der Waals surface area (Å²) < 4.78 is 85.1. The van der Waals surface area contributed by atoms with Gasteiger partial charge in [-0.15, -0.1) is 0 Å². The molecule has 12 aromatic rings. The van der Waals surface area contributed by atoms with Crippen LogP contribution in [-0.4, -0.2) is 13.2 Å². The lowest BCUT2D eigenvalue weighted by Crippen LogP contribution is -2.10. The summed E-state index contributed by atoms with van der Waals surface area (Å²) in [5.41, 5.74) is 6.03. The second-order valence-corrected chi connectivity index (χ2v) is 16.0. The molecule has 0 aliphatic rings. The molecule has 10 aromatic carbocycles. The van der Waals surface area contributed by atoms with Gasteiger partial charge in [0, 0.05) is 52.3 Å². The molecular formula is C56H38F6N2O2. The molecule has 0 aliphatic heterocycles. The fourth-order valence-corrected chi connectivity index (χ4v) is 8.89. The Kier molecular flexibility index (Phi) is 10.5. The Morgan fingerprint density at radius 2 is 0.864 bits per heavy atom. The van der Waals surface area contributed by atoms with Gasteiger partial charge in [0.15, 0.2) is 11.2 Å². The van der Waals surface area contributed by atoms with Gasteiger partial charge in [0.2, 0.25) is 0 Å². The zero-order valence-electron chi connectivity index (χ0n) is 35.5. The van der Waals surface area contributed by atoms with Crippen molar-refractivity contribution in [1.82, 2.24) is 0 Å². The van der Waals surface area contributed by atoms with E-state index >= 15 is 0 Å². The largest absolute Gasteiger partial charge is 0.454 e. The van der Waals surface area contributed by atoms with Crippen LogP contribution in [0.4, 0.5) is 54.8 Å². The first-order chi connectivity index (χ1) is 31.8. The molecule has 4 nitrogen and oxygen atoms in total. The first-order valence-corrected chi connectivity index (χ1v) is 21.1. The van der Waals surface area contributed by atoms with Gasteiger partial charge in [0.1, 0.15) is 11.2 Å². The number of nitrogens with zero attached hydrogens (tertiary/aromatic N) is 2. The van der Waals surface area contributed by atoms with Crippen molar-refractivity contribution in [2.45, 2.75) is 19.3 Å². The third kappa shape index (κ3) is 7.74. The molecule has 0 saturated carbocycles. The molecule has 0 atom stereocenters. The maximum atomic E-state index is 13.9. The first kappa shape index (κ1) is 42.0. The molecule has 0 amide bonds. The Morgan fingerprint density at radius 3 is 1.53 bits per heavy atom.